The number of carbonyl (C=O) groups is 2. The summed E-state index contributed by atoms with van der Waals surface area (Å²) in [6.45, 7) is 0.543. The Kier molecular flexibility index (Phi) is 3.46. The van der Waals surface area contributed by atoms with Crippen LogP contribution in [-0.4, -0.2) is 49.9 Å². The number of aliphatic hydroxyl groups excluding tert-OH is 1. The van der Waals surface area contributed by atoms with Gasteiger partial charge in [-0.25, -0.2) is 4.79 Å². The molecule has 0 aromatic heterocycles. The topological polar surface area (TPSA) is 72.8 Å². The monoisotopic (exact) mass is 366 g/mol. The molecule has 1 spiro atoms. The van der Waals surface area contributed by atoms with E-state index in [9.17, 15) is 23.5 Å². The van der Waals surface area contributed by atoms with E-state index >= 15 is 0 Å². The maximum atomic E-state index is 13.0. The number of carbonyl (C=O) groups excluding carboxylic acids is 2. The molecule has 4 aliphatic rings. The van der Waals surface area contributed by atoms with E-state index in [4.69, 9.17) is 9.47 Å². The summed E-state index contributed by atoms with van der Waals surface area (Å²) in [7, 11) is 0. The average Bonchev–Trinajstić information content (AvgIpc) is 3.14. The molecule has 9 heteroatoms. The number of thioether (sulfide) groups is 2. The lowest BCUT2D eigenvalue weighted by Gasteiger charge is -2.36. The number of aliphatic hydroxyl groups is 1. The van der Waals surface area contributed by atoms with Crippen molar-refractivity contribution in [2.24, 2.45) is 11.8 Å². The smallest absolute Gasteiger partial charge is 0.376 e. The van der Waals surface area contributed by atoms with Gasteiger partial charge in [0.05, 0.1) is 9.33 Å². The fourth-order valence-corrected chi connectivity index (χ4v) is 8.42. The summed E-state index contributed by atoms with van der Waals surface area (Å²) >= 11 is 3.10. The Morgan fingerprint density at radius 2 is 2.17 bits per heavy atom. The van der Waals surface area contributed by atoms with Gasteiger partial charge < -0.3 is 14.6 Å². The number of rotatable bonds is 2. The lowest BCUT2D eigenvalue weighted by molar-refractivity contribution is -0.177. The number of cyclic esters (lactones) is 1. The Labute approximate surface area is 139 Å². The number of halogens is 2. The average molecular weight is 366 g/mol. The quantitative estimate of drug-likeness (QED) is 0.747. The highest BCUT2D eigenvalue weighted by atomic mass is 32.2. The van der Waals surface area contributed by atoms with Gasteiger partial charge in [0, 0.05) is 6.92 Å². The maximum Gasteiger partial charge on any atom is 0.376 e. The summed E-state index contributed by atoms with van der Waals surface area (Å²) < 4.78 is 35.6. The Bertz CT molecular complexity index is 568. The number of hydrogen-bond donors (Lipinski definition) is 1. The number of ether oxygens (including phenoxy) is 2. The lowest BCUT2D eigenvalue weighted by Crippen LogP contribution is -2.38. The lowest BCUT2D eigenvalue weighted by atomic mass is 9.96. The fourth-order valence-electron chi connectivity index (χ4n) is 4.11. The van der Waals surface area contributed by atoms with Crippen molar-refractivity contribution in [2.45, 2.75) is 59.1 Å². The first-order valence-corrected chi connectivity index (χ1v) is 9.29. The van der Waals surface area contributed by atoms with Gasteiger partial charge in [-0.3, -0.25) is 4.79 Å². The molecule has 0 amide bonds. The van der Waals surface area contributed by atoms with Crippen molar-refractivity contribution in [3.05, 3.63) is 0 Å². The van der Waals surface area contributed by atoms with Crippen LogP contribution in [0.1, 0.15) is 26.2 Å². The van der Waals surface area contributed by atoms with Crippen LogP contribution in [-0.2, 0) is 19.1 Å². The molecule has 2 bridgehead atoms. The third kappa shape index (κ3) is 2.38. The largest absolute Gasteiger partial charge is 0.458 e. The van der Waals surface area contributed by atoms with Crippen molar-refractivity contribution in [1.82, 2.24) is 0 Å². The third-order valence-corrected chi connectivity index (χ3v) is 9.19. The van der Waals surface area contributed by atoms with Crippen molar-refractivity contribution in [2.75, 3.05) is 0 Å². The van der Waals surface area contributed by atoms with E-state index in [1.54, 1.807) is 11.8 Å². The third-order valence-electron chi connectivity index (χ3n) is 5.13. The fraction of sp³-hybridized carbons (Fsp3) is 0.857. The van der Waals surface area contributed by atoms with E-state index in [1.165, 1.54) is 11.8 Å². The van der Waals surface area contributed by atoms with Crippen molar-refractivity contribution >= 4 is 35.5 Å². The predicted molar refractivity (Wildman–Crippen MR) is 78.9 cm³/mol. The molecule has 5 nitrogen and oxygen atoms in total. The molecule has 2 saturated carbocycles. The van der Waals surface area contributed by atoms with Gasteiger partial charge in [-0.05, 0) is 31.1 Å². The minimum Gasteiger partial charge on any atom is -0.458 e. The predicted octanol–water partition coefficient (Wildman–Crippen LogP) is 1.77. The Morgan fingerprint density at radius 1 is 1.43 bits per heavy atom. The van der Waals surface area contributed by atoms with Crippen LogP contribution in [0, 0.1) is 11.8 Å². The molecule has 0 aromatic rings. The SMILES string of the molecule is CC(F)(F)C(=O)OC1CC2CC1CC21SC2C(=O)OC(O)C2S1. The zero-order chi connectivity index (χ0) is 16.6. The first-order valence-electron chi connectivity index (χ1n) is 7.53. The number of esters is 2. The highest BCUT2D eigenvalue weighted by molar-refractivity contribution is 8.22. The van der Waals surface area contributed by atoms with Gasteiger partial charge in [0.2, 0.25) is 6.29 Å². The van der Waals surface area contributed by atoms with Gasteiger partial charge in [0.1, 0.15) is 11.4 Å². The van der Waals surface area contributed by atoms with Crippen LogP contribution in [0.2, 0.25) is 0 Å². The highest BCUT2D eigenvalue weighted by Gasteiger charge is 2.66. The van der Waals surface area contributed by atoms with Gasteiger partial charge >= 0.3 is 17.9 Å². The van der Waals surface area contributed by atoms with E-state index in [0.717, 1.165) is 6.42 Å². The van der Waals surface area contributed by atoms with Crippen molar-refractivity contribution in [1.29, 1.82) is 0 Å². The summed E-state index contributed by atoms with van der Waals surface area (Å²) in [6.07, 6.45) is 0.501. The molecule has 2 aliphatic heterocycles. The molecule has 128 valence electrons. The summed E-state index contributed by atoms with van der Waals surface area (Å²) in [6, 6.07) is 0. The van der Waals surface area contributed by atoms with Gasteiger partial charge in [-0.1, -0.05) is 0 Å². The molecule has 0 radical (unpaired) electrons. The van der Waals surface area contributed by atoms with E-state index in [2.05, 4.69) is 0 Å². The molecule has 1 N–H and O–H groups in total. The van der Waals surface area contributed by atoms with E-state index < -0.39 is 24.3 Å². The molecular formula is C14H16F2O5S2. The second-order valence-electron chi connectivity index (χ2n) is 6.72. The number of hydrogen-bond acceptors (Lipinski definition) is 7. The summed E-state index contributed by atoms with van der Waals surface area (Å²) in [5.74, 6) is -5.09. The zero-order valence-electron chi connectivity index (χ0n) is 12.2. The van der Waals surface area contributed by atoms with Gasteiger partial charge in [-0.15, -0.1) is 23.5 Å². The first-order chi connectivity index (χ1) is 10.7. The van der Waals surface area contributed by atoms with Crippen LogP contribution in [0.25, 0.3) is 0 Å². The molecule has 2 heterocycles. The van der Waals surface area contributed by atoms with Crippen molar-refractivity contribution < 1.29 is 33.0 Å². The Morgan fingerprint density at radius 3 is 2.74 bits per heavy atom. The number of fused-ring (bicyclic) bond motifs is 4. The number of alkyl halides is 2. The van der Waals surface area contributed by atoms with Crippen molar-refractivity contribution in [3.8, 4) is 0 Å². The molecular weight excluding hydrogens is 350 g/mol. The minimum absolute atomic E-state index is 0.0401. The van der Waals surface area contributed by atoms with Gasteiger partial charge in [-0.2, -0.15) is 8.78 Å². The standard InChI is InChI=1S/C14H16F2O5S2/c1-13(15,16)12(19)20-7-3-6-2-5(7)4-14(6)22-8-9(23-14)11(18)21-10(8)17/h5-10,17H,2-4H2,1H3. The summed E-state index contributed by atoms with van der Waals surface area (Å²) in [4.78, 5) is 23.1. The molecule has 23 heavy (non-hydrogen) atoms. The van der Waals surface area contributed by atoms with Crippen LogP contribution >= 0.6 is 23.5 Å². The van der Waals surface area contributed by atoms with Crippen LogP contribution in [0.5, 0.6) is 0 Å². The van der Waals surface area contributed by atoms with Gasteiger partial charge in [0.25, 0.3) is 0 Å². The van der Waals surface area contributed by atoms with Crippen LogP contribution in [0.4, 0.5) is 8.78 Å². The second-order valence-corrected chi connectivity index (χ2v) is 9.96. The van der Waals surface area contributed by atoms with Crippen molar-refractivity contribution in [3.63, 3.8) is 0 Å². The Balaban J connectivity index is 1.44. The van der Waals surface area contributed by atoms with Gasteiger partial charge in [0.15, 0.2) is 0 Å². The molecule has 0 aromatic carbocycles. The normalized spacial score (nSPS) is 47.9. The maximum absolute atomic E-state index is 13.0. The molecule has 2 aliphatic carbocycles. The highest BCUT2D eigenvalue weighted by Crippen LogP contribution is 2.69. The minimum atomic E-state index is -3.47. The Hall–Kier alpha value is -0.540. The molecule has 2 saturated heterocycles. The summed E-state index contributed by atoms with van der Waals surface area (Å²) in [5, 5.41) is 9.18. The van der Waals surface area contributed by atoms with Crippen LogP contribution in [0.3, 0.4) is 0 Å². The van der Waals surface area contributed by atoms with Crippen LogP contribution in [0.15, 0.2) is 0 Å². The summed E-state index contributed by atoms with van der Waals surface area (Å²) in [5.41, 5.74) is 0. The van der Waals surface area contributed by atoms with E-state index in [0.29, 0.717) is 19.8 Å². The molecule has 4 rings (SSSR count). The molecule has 7 unspecified atom stereocenters. The van der Waals surface area contributed by atoms with Crippen LogP contribution < -0.4 is 0 Å². The van der Waals surface area contributed by atoms with E-state index in [1.807, 2.05) is 0 Å². The first kappa shape index (κ1) is 16.0. The molecule has 7 atom stereocenters. The zero-order valence-corrected chi connectivity index (χ0v) is 13.9. The van der Waals surface area contributed by atoms with E-state index in [-0.39, 0.29) is 32.4 Å². The molecule has 4 fully saturated rings. The second kappa shape index (κ2) is 4.98.